The Morgan fingerprint density at radius 2 is 1.90 bits per heavy atom. The molecule has 1 amide bonds. The van der Waals surface area contributed by atoms with Crippen LogP contribution in [0, 0.1) is 0 Å². The first-order valence-corrected chi connectivity index (χ1v) is 7.54. The average Bonchev–Trinajstić information content (AvgIpc) is 2.61. The lowest BCUT2D eigenvalue weighted by Crippen LogP contribution is -2.63. The number of Topliss-reactive ketones (excluding diaryl/α,β-unsaturated/α-hetero) is 1. The van der Waals surface area contributed by atoms with Crippen molar-refractivity contribution in [3.8, 4) is 0 Å². The lowest BCUT2D eigenvalue weighted by atomic mass is 9.99. The van der Waals surface area contributed by atoms with Crippen molar-refractivity contribution in [3.05, 3.63) is 0 Å². The zero-order valence-corrected chi connectivity index (χ0v) is 14.1. The molecule has 2 heterocycles. The molecule has 118 valence electrons. The van der Waals surface area contributed by atoms with Crippen LogP contribution in [0.1, 0.15) is 27.7 Å². The maximum Gasteiger partial charge on any atom is 0.411 e. The van der Waals surface area contributed by atoms with Gasteiger partial charge in [-0.1, -0.05) is 0 Å². The zero-order chi connectivity index (χ0) is 15.9. The van der Waals surface area contributed by atoms with Gasteiger partial charge >= 0.3 is 6.09 Å². The van der Waals surface area contributed by atoms with Crippen molar-refractivity contribution in [2.75, 3.05) is 26.7 Å². The normalized spacial score (nSPS) is 26.0. The van der Waals surface area contributed by atoms with Crippen molar-refractivity contribution in [2.24, 2.45) is 0 Å². The van der Waals surface area contributed by atoms with Gasteiger partial charge in [-0.15, -0.1) is 0 Å². The van der Waals surface area contributed by atoms with E-state index in [0.717, 1.165) is 5.11 Å². The second kappa shape index (κ2) is 5.44. The van der Waals surface area contributed by atoms with Crippen LogP contribution >= 0.6 is 12.2 Å². The van der Waals surface area contributed by atoms with Crippen LogP contribution in [0.3, 0.4) is 0 Å². The summed E-state index contributed by atoms with van der Waals surface area (Å²) < 4.78 is 5.43. The van der Waals surface area contributed by atoms with Crippen LogP contribution in [0.15, 0.2) is 0 Å². The quantitative estimate of drug-likeness (QED) is 0.676. The van der Waals surface area contributed by atoms with Gasteiger partial charge in [0.05, 0.1) is 6.04 Å². The van der Waals surface area contributed by atoms with E-state index < -0.39 is 17.7 Å². The zero-order valence-electron chi connectivity index (χ0n) is 13.3. The maximum absolute atomic E-state index is 12.4. The molecule has 0 spiro atoms. The van der Waals surface area contributed by atoms with Gasteiger partial charge in [0.25, 0.3) is 0 Å². The first-order valence-electron chi connectivity index (χ1n) is 7.13. The fourth-order valence-corrected chi connectivity index (χ4v) is 3.23. The Labute approximate surface area is 131 Å². The average molecular weight is 313 g/mol. The minimum Gasteiger partial charge on any atom is -0.444 e. The molecule has 0 aromatic carbocycles. The number of fused-ring (bicyclic) bond motifs is 1. The van der Waals surface area contributed by atoms with Crippen molar-refractivity contribution in [3.63, 3.8) is 0 Å². The summed E-state index contributed by atoms with van der Waals surface area (Å²) in [6.45, 7) is 8.73. The largest absolute Gasteiger partial charge is 0.444 e. The molecule has 0 bridgehead atoms. The number of carbonyl (C=O) groups is 2. The van der Waals surface area contributed by atoms with Crippen molar-refractivity contribution >= 4 is 29.2 Å². The third kappa shape index (κ3) is 3.12. The molecule has 0 saturated carbocycles. The van der Waals surface area contributed by atoms with Crippen molar-refractivity contribution < 1.29 is 14.3 Å². The van der Waals surface area contributed by atoms with E-state index in [4.69, 9.17) is 17.0 Å². The summed E-state index contributed by atoms with van der Waals surface area (Å²) in [6, 6.07) is -0.585. The summed E-state index contributed by atoms with van der Waals surface area (Å²) >= 11 is 5.38. The summed E-state index contributed by atoms with van der Waals surface area (Å²) in [5, 5.41) is 0.745. The van der Waals surface area contributed by atoms with Gasteiger partial charge in [-0.05, 0) is 39.9 Å². The van der Waals surface area contributed by atoms with Crippen LogP contribution in [-0.4, -0.2) is 76.1 Å². The molecule has 2 fully saturated rings. The number of likely N-dealkylation sites (N-methyl/N-ethyl adjacent to an activating group) is 1. The summed E-state index contributed by atoms with van der Waals surface area (Å²) in [5.74, 6) is -0.0336. The Balaban J connectivity index is 2.22. The van der Waals surface area contributed by atoms with E-state index in [1.54, 1.807) is 4.90 Å². The Bertz CT molecular complexity index is 475. The van der Waals surface area contributed by atoms with Gasteiger partial charge in [0.15, 0.2) is 10.9 Å². The minimum absolute atomic E-state index is 0.0336. The van der Waals surface area contributed by atoms with Crippen LogP contribution in [0.25, 0.3) is 0 Å². The fraction of sp³-hybridized carbons (Fsp3) is 0.786. The van der Waals surface area contributed by atoms with Gasteiger partial charge in [0.2, 0.25) is 0 Å². The van der Waals surface area contributed by atoms with E-state index in [-0.39, 0.29) is 11.8 Å². The lowest BCUT2D eigenvalue weighted by Gasteiger charge is -2.43. The molecule has 6 nitrogen and oxygen atoms in total. The molecule has 21 heavy (non-hydrogen) atoms. The second-order valence-electron chi connectivity index (χ2n) is 6.65. The Kier molecular flexibility index (Phi) is 4.15. The summed E-state index contributed by atoms with van der Waals surface area (Å²) in [6.07, 6.45) is -0.428. The smallest absolute Gasteiger partial charge is 0.411 e. The van der Waals surface area contributed by atoms with Crippen LogP contribution in [-0.2, 0) is 9.53 Å². The van der Waals surface area contributed by atoms with E-state index in [0.29, 0.717) is 19.6 Å². The molecule has 2 atom stereocenters. The molecule has 0 unspecified atom stereocenters. The fourth-order valence-electron chi connectivity index (χ4n) is 2.93. The number of thiocarbonyl (C=S) groups is 1. The Morgan fingerprint density at radius 1 is 1.29 bits per heavy atom. The summed E-state index contributed by atoms with van der Waals surface area (Å²) in [5.41, 5.74) is -0.572. The van der Waals surface area contributed by atoms with E-state index in [1.165, 1.54) is 6.92 Å². The van der Waals surface area contributed by atoms with Crippen LogP contribution in [0.4, 0.5) is 4.79 Å². The molecule has 2 aliphatic rings. The summed E-state index contributed by atoms with van der Waals surface area (Å²) in [4.78, 5) is 30.0. The molecule has 2 saturated heterocycles. The van der Waals surface area contributed by atoms with Gasteiger partial charge in [0, 0.05) is 26.7 Å². The molecule has 0 radical (unpaired) electrons. The second-order valence-corrected chi connectivity index (χ2v) is 7.02. The SMILES string of the molecule is CC(=O)[C@@H]1[C@H]2CN(C)C(=S)N2CCN1C(=O)OC(C)(C)C. The Morgan fingerprint density at radius 3 is 2.43 bits per heavy atom. The monoisotopic (exact) mass is 313 g/mol. The number of hydrogen-bond donors (Lipinski definition) is 0. The number of rotatable bonds is 1. The van der Waals surface area contributed by atoms with Gasteiger partial charge in [0.1, 0.15) is 11.6 Å². The highest BCUT2D eigenvalue weighted by atomic mass is 32.1. The molecular weight excluding hydrogens is 290 g/mol. The molecule has 2 rings (SSSR count). The predicted octanol–water partition coefficient (Wildman–Crippen LogP) is 1.10. The molecular formula is C14H23N3O3S. The molecule has 2 aliphatic heterocycles. The maximum atomic E-state index is 12.4. The van der Waals surface area contributed by atoms with E-state index in [1.807, 2.05) is 37.6 Å². The standard InChI is InChI=1S/C14H23N3O3S/c1-9(18)11-10-8-15(5)12(21)16(10)6-7-17(11)13(19)20-14(2,3)4/h10-11H,6-8H2,1-5H3/t10-,11-/m1/s1. The third-order valence-corrected chi connectivity index (χ3v) is 4.31. The first-order chi connectivity index (χ1) is 9.61. The first kappa shape index (κ1) is 16.0. The van der Waals surface area contributed by atoms with Crippen molar-refractivity contribution in [2.45, 2.75) is 45.4 Å². The van der Waals surface area contributed by atoms with Crippen LogP contribution in [0.2, 0.25) is 0 Å². The predicted molar refractivity (Wildman–Crippen MR) is 83.1 cm³/mol. The molecule has 0 N–H and O–H groups in total. The highest BCUT2D eigenvalue weighted by Crippen LogP contribution is 2.27. The lowest BCUT2D eigenvalue weighted by molar-refractivity contribution is -0.125. The van der Waals surface area contributed by atoms with Crippen LogP contribution in [0.5, 0.6) is 0 Å². The van der Waals surface area contributed by atoms with Crippen molar-refractivity contribution in [1.82, 2.24) is 14.7 Å². The molecule has 0 aromatic rings. The Hall–Kier alpha value is -1.37. The van der Waals surface area contributed by atoms with Gasteiger partial charge in [-0.3, -0.25) is 9.69 Å². The topological polar surface area (TPSA) is 53.1 Å². The molecule has 0 aromatic heterocycles. The highest BCUT2D eigenvalue weighted by molar-refractivity contribution is 7.80. The third-order valence-electron chi connectivity index (χ3n) is 3.76. The van der Waals surface area contributed by atoms with Gasteiger partial charge in [-0.25, -0.2) is 4.79 Å². The molecule has 0 aliphatic carbocycles. The molecule has 7 heteroatoms. The number of piperazine rings is 1. The number of amides is 1. The van der Waals surface area contributed by atoms with Crippen LogP contribution < -0.4 is 0 Å². The number of carbonyl (C=O) groups excluding carboxylic acids is 2. The number of nitrogens with zero attached hydrogens (tertiary/aromatic N) is 3. The summed E-state index contributed by atoms with van der Waals surface area (Å²) in [7, 11) is 1.91. The van der Waals surface area contributed by atoms with E-state index in [2.05, 4.69) is 0 Å². The number of ketones is 1. The van der Waals surface area contributed by atoms with Gasteiger partial charge < -0.3 is 14.5 Å². The van der Waals surface area contributed by atoms with E-state index in [9.17, 15) is 9.59 Å². The number of hydrogen-bond acceptors (Lipinski definition) is 4. The van der Waals surface area contributed by atoms with E-state index >= 15 is 0 Å². The highest BCUT2D eigenvalue weighted by Gasteiger charge is 2.47. The van der Waals surface area contributed by atoms with Gasteiger partial charge in [-0.2, -0.15) is 0 Å². The van der Waals surface area contributed by atoms with Crippen molar-refractivity contribution in [1.29, 1.82) is 0 Å². The number of ether oxygens (including phenoxy) is 1. The minimum atomic E-state index is -0.572.